The fraction of sp³-hybridized carbons (Fsp3) is 0.391. The first-order chi connectivity index (χ1) is 14.9. The van der Waals surface area contributed by atoms with E-state index in [2.05, 4.69) is 11.8 Å². The Morgan fingerprint density at radius 1 is 1.16 bits per heavy atom. The Bertz CT molecular complexity index is 1020. The highest BCUT2D eigenvalue weighted by atomic mass is 35.5. The summed E-state index contributed by atoms with van der Waals surface area (Å²) in [6, 6.07) is 11.7. The predicted octanol–water partition coefficient (Wildman–Crippen LogP) is 5.73. The molecule has 0 spiro atoms. The van der Waals surface area contributed by atoms with Crippen molar-refractivity contribution in [1.29, 1.82) is 0 Å². The molecule has 0 bridgehead atoms. The van der Waals surface area contributed by atoms with Gasteiger partial charge in [0.1, 0.15) is 11.3 Å². The monoisotopic (exact) mass is 477 g/mol. The maximum atomic E-state index is 13.2. The van der Waals surface area contributed by atoms with Gasteiger partial charge in [0.25, 0.3) is 0 Å². The van der Waals surface area contributed by atoms with Crippen LogP contribution in [0.4, 0.5) is 5.13 Å². The molecule has 0 unspecified atom stereocenters. The lowest BCUT2D eigenvalue weighted by Crippen LogP contribution is -2.33. The quantitative estimate of drug-likeness (QED) is 0.349. The number of anilines is 1. The number of carbonyl (C=O) groups is 1. The normalized spacial score (nSPS) is 11.3. The van der Waals surface area contributed by atoms with Crippen molar-refractivity contribution in [1.82, 2.24) is 9.88 Å². The van der Waals surface area contributed by atoms with Crippen LogP contribution in [0.2, 0.25) is 5.02 Å². The van der Waals surface area contributed by atoms with Gasteiger partial charge in [-0.15, -0.1) is 11.8 Å². The Morgan fingerprint density at radius 2 is 1.90 bits per heavy atom. The highest BCUT2D eigenvalue weighted by molar-refractivity contribution is 7.99. The average molecular weight is 478 g/mol. The highest BCUT2D eigenvalue weighted by Crippen LogP contribution is 2.36. The van der Waals surface area contributed by atoms with Gasteiger partial charge in [-0.2, -0.15) is 0 Å². The first-order valence-electron chi connectivity index (χ1n) is 10.2. The summed E-state index contributed by atoms with van der Waals surface area (Å²) in [5.74, 6) is 1.54. The molecule has 0 aliphatic heterocycles. The standard InChI is InChI=1S/C23H28ClN3O2S2/c1-16-6-11-19(29-4)21-22(16)31-23(25-21)27(14-5-13-26(2)3)20(28)12-15-30-18-9-7-17(24)8-10-18/h6-11H,5,12-15H2,1-4H3. The molecule has 0 saturated heterocycles. The number of hydrogen-bond acceptors (Lipinski definition) is 6. The number of nitrogens with zero attached hydrogens (tertiary/aromatic N) is 3. The number of amides is 1. The number of fused-ring (bicyclic) bond motifs is 1. The second-order valence-electron chi connectivity index (χ2n) is 7.51. The summed E-state index contributed by atoms with van der Waals surface area (Å²) in [7, 11) is 5.73. The summed E-state index contributed by atoms with van der Waals surface area (Å²) in [5, 5.41) is 1.46. The molecule has 3 rings (SSSR count). The number of hydrogen-bond donors (Lipinski definition) is 0. The van der Waals surface area contributed by atoms with Crippen LogP contribution in [-0.4, -0.2) is 55.8 Å². The van der Waals surface area contributed by atoms with Gasteiger partial charge in [-0.05, 0) is 69.9 Å². The Morgan fingerprint density at radius 3 is 2.58 bits per heavy atom. The van der Waals surface area contributed by atoms with Gasteiger partial charge in [0.15, 0.2) is 5.13 Å². The molecule has 1 aromatic heterocycles. The molecule has 1 heterocycles. The van der Waals surface area contributed by atoms with E-state index in [9.17, 15) is 4.79 Å². The summed E-state index contributed by atoms with van der Waals surface area (Å²) in [5.41, 5.74) is 1.96. The summed E-state index contributed by atoms with van der Waals surface area (Å²) >= 11 is 9.17. The largest absolute Gasteiger partial charge is 0.494 e. The van der Waals surface area contributed by atoms with Gasteiger partial charge in [0, 0.05) is 28.6 Å². The molecule has 0 radical (unpaired) electrons. The number of methoxy groups -OCH3 is 1. The Kier molecular flexibility index (Phi) is 8.60. The summed E-state index contributed by atoms with van der Waals surface area (Å²) in [6.07, 6.45) is 1.33. The number of rotatable bonds is 10. The van der Waals surface area contributed by atoms with Gasteiger partial charge < -0.3 is 9.64 Å². The molecule has 31 heavy (non-hydrogen) atoms. The van der Waals surface area contributed by atoms with E-state index < -0.39 is 0 Å². The number of aromatic nitrogens is 1. The predicted molar refractivity (Wildman–Crippen MR) is 133 cm³/mol. The van der Waals surface area contributed by atoms with Crippen LogP contribution in [0.5, 0.6) is 5.75 Å². The summed E-state index contributed by atoms with van der Waals surface area (Å²) < 4.78 is 6.56. The van der Waals surface area contributed by atoms with Crippen LogP contribution in [0.3, 0.4) is 0 Å². The maximum absolute atomic E-state index is 13.2. The van der Waals surface area contributed by atoms with Gasteiger partial charge in [-0.25, -0.2) is 4.98 Å². The van der Waals surface area contributed by atoms with E-state index in [0.29, 0.717) is 23.7 Å². The van der Waals surface area contributed by atoms with Crippen molar-refractivity contribution in [2.24, 2.45) is 0 Å². The zero-order chi connectivity index (χ0) is 22.4. The van der Waals surface area contributed by atoms with Gasteiger partial charge in [-0.1, -0.05) is 29.0 Å². The van der Waals surface area contributed by atoms with Crippen LogP contribution in [0.25, 0.3) is 10.2 Å². The topological polar surface area (TPSA) is 45.7 Å². The van der Waals surface area contributed by atoms with Crippen molar-refractivity contribution >= 4 is 56.0 Å². The molecule has 0 N–H and O–H groups in total. The van der Waals surface area contributed by atoms with Crippen molar-refractivity contribution in [2.45, 2.75) is 24.7 Å². The fourth-order valence-electron chi connectivity index (χ4n) is 3.17. The second kappa shape index (κ2) is 11.2. The van der Waals surface area contributed by atoms with Crippen LogP contribution < -0.4 is 9.64 Å². The van der Waals surface area contributed by atoms with Crippen molar-refractivity contribution < 1.29 is 9.53 Å². The van der Waals surface area contributed by atoms with Crippen LogP contribution in [0.1, 0.15) is 18.4 Å². The highest BCUT2D eigenvalue weighted by Gasteiger charge is 2.21. The van der Waals surface area contributed by atoms with Crippen molar-refractivity contribution in [3.05, 3.63) is 47.0 Å². The number of thiazole rings is 1. The van der Waals surface area contributed by atoms with Gasteiger partial charge in [0.2, 0.25) is 5.91 Å². The minimum Gasteiger partial charge on any atom is -0.494 e. The molecule has 0 fully saturated rings. The van der Waals surface area contributed by atoms with Gasteiger partial charge in [0.05, 0.1) is 11.8 Å². The molecular formula is C23H28ClN3O2S2. The zero-order valence-electron chi connectivity index (χ0n) is 18.4. The van der Waals surface area contributed by atoms with Crippen molar-refractivity contribution in [3.8, 4) is 5.75 Å². The zero-order valence-corrected chi connectivity index (χ0v) is 20.7. The smallest absolute Gasteiger partial charge is 0.229 e. The van der Waals surface area contributed by atoms with Gasteiger partial charge in [-0.3, -0.25) is 9.69 Å². The van der Waals surface area contributed by atoms with Gasteiger partial charge >= 0.3 is 0 Å². The number of ether oxygens (including phenoxy) is 1. The third-order valence-corrected chi connectivity index (χ3v) is 7.31. The molecule has 2 aromatic carbocycles. The Labute approximate surface area is 197 Å². The van der Waals surface area contributed by atoms with Crippen LogP contribution in [0.15, 0.2) is 41.3 Å². The van der Waals surface area contributed by atoms with Crippen LogP contribution in [0, 0.1) is 6.92 Å². The number of carbonyl (C=O) groups excluding carboxylic acids is 1. The SMILES string of the molecule is COc1ccc(C)c2sc(N(CCCN(C)C)C(=O)CCSc3ccc(Cl)cc3)nc12. The third-order valence-electron chi connectivity index (χ3n) is 4.83. The molecule has 8 heteroatoms. The number of benzene rings is 2. The lowest BCUT2D eigenvalue weighted by molar-refractivity contribution is -0.118. The molecule has 3 aromatic rings. The first-order valence-corrected chi connectivity index (χ1v) is 12.3. The lowest BCUT2D eigenvalue weighted by atomic mass is 10.2. The summed E-state index contributed by atoms with van der Waals surface area (Å²) in [6.45, 7) is 3.62. The Balaban J connectivity index is 1.77. The molecule has 0 saturated carbocycles. The number of thioether (sulfide) groups is 1. The van der Waals surface area contributed by atoms with E-state index in [1.165, 1.54) is 0 Å². The van der Waals surface area contributed by atoms with E-state index in [-0.39, 0.29) is 5.91 Å². The summed E-state index contributed by atoms with van der Waals surface area (Å²) in [4.78, 5) is 23.1. The molecule has 0 aliphatic carbocycles. The average Bonchev–Trinajstić information content (AvgIpc) is 3.18. The fourth-order valence-corrected chi connectivity index (χ4v) is 5.23. The number of halogens is 1. The molecule has 5 nitrogen and oxygen atoms in total. The number of aryl methyl sites for hydroxylation is 1. The Hall–Kier alpha value is -1.80. The minimum absolute atomic E-state index is 0.0934. The van der Waals surface area contributed by atoms with E-state index in [1.54, 1.807) is 30.2 Å². The molecule has 1 amide bonds. The van der Waals surface area contributed by atoms with E-state index in [1.807, 2.05) is 55.4 Å². The lowest BCUT2D eigenvalue weighted by Gasteiger charge is -2.21. The maximum Gasteiger partial charge on any atom is 0.229 e. The first kappa shape index (κ1) is 23.9. The van der Waals surface area contributed by atoms with Crippen molar-refractivity contribution in [2.75, 3.05) is 44.9 Å². The second-order valence-corrected chi connectivity index (χ2v) is 10.1. The van der Waals surface area contributed by atoms with Crippen LogP contribution in [-0.2, 0) is 4.79 Å². The van der Waals surface area contributed by atoms with E-state index >= 15 is 0 Å². The molecule has 166 valence electrons. The van der Waals surface area contributed by atoms with Crippen molar-refractivity contribution in [3.63, 3.8) is 0 Å². The minimum atomic E-state index is 0.0934. The van der Waals surface area contributed by atoms with Crippen LogP contribution >= 0.6 is 34.7 Å². The molecule has 0 aliphatic rings. The molecular weight excluding hydrogens is 450 g/mol. The van der Waals surface area contributed by atoms with E-state index in [0.717, 1.165) is 44.5 Å². The third kappa shape index (κ3) is 6.35. The molecule has 0 atom stereocenters. The van der Waals surface area contributed by atoms with E-state index in [4.69, 9.17) is 21.3 Å².